The average molecular weight is 850 g/mol. The third kappa shape index (κ3) is 19.1. The van der Waals surface area contributed by atoms with Gasteiger partial charge in [-0.3, -0.25) is 43.3 Å². The van der Waals surface area contributed by atoms with Crippen molar-refractivity contribution in [1.29, 1.82) is 0 Å². The van der Waals surface area contributed by atoms with Gasteiger partial charge in [0.1, 0.15) is 42.0 Å². The first-order chi connectivity index (χ1) is 27.9. The number of carbonyl (C=O) groups excluding carboxylic acids is 7. The zero-order valence-corrected chi connectivity index (χ0v) is 34.9. The molecule has 8 atom stereocenters. The molecule has 0 aliphatic rings. The lowest BCUT2D eigenvalue weighted by Gasteiger charge is -2.29. The fourth-order valence-corrected chi connectivity index (χ4v) is 5.61. The molecule has 0 aliphatic heterocycles. The second-order valence-electron chi connectivity index (χ2n) is 15.3. The molecule has 0 saturated heterocycles. The van der Waals surface area contributed by atoms with Crippen molar-refractivity contribution in [2.45, 2.75) is 128 Å². The summed E-state index contributed by atoms with van der Waals surface area (Å²) in [4.78, 5) is 108. The molecule has 336 valence electrons. The minimum atomic E-state index is -1.68. The van der Waals surface area contributed by atoms with Crippen LogP contribution < -0.4 is 54.8 Å². The van der Waals surface area contributed by atoms with Crippen LogP contribution in [0.25, 0.3) is 0 Å². The zero-order chi connectivity index (χ0) is 45.9. The normalized spacial score (nSPS) is 15.1. The minimum Gasteiger partial charge on any atom is -0.508 e. The molecule has 0 spiro atoms. The Hall–Kier alpha value is -6.03. The second-order valence-corrected chi connectivity index (χ2v) is 15.3. The Morgan fingerprint density at radius 2 is 1.18 bits per heavy atom. The van der Waals surface area contributed by atoms with Crippen molar-refractivity contribution in [2.24, 2.45) is 39.8 Å². The molecule has 0 radical (unpaired) electrons. The van der Waals surface area contributed by atoms with Crippen molar-refractivity contribution in [3.63, 3.8) is 0 Å². The van der Waals surface area contributed by atoms with E-state index in [1.54, 1.807) is 27.7 Å². The number of benzene rings is 1. The SMILES string of the molecule is CC(C)C[C@@H](NC(=O)[C@@H](CCC(N)=O)NC(=O)[C@H](NC(=O)[C@H](NC(=O)[C@@H](Cc1ccc(O)cc1)NC(=O)[C@H](N)CCCN=C(N)N)[C@H](C)O)C(C)C)C(=O)N[C@H](C)C(=O)O. The largest absolute Gasteiger partial charge is 0.508 e. The Labute approximate surface area is 348 Å². The van der Waals surface area contributed by atoms with E-state index in [2.05, 4.69) is 36.9 Å². The molecule has 0 unspecified atom stereocenters. The number of nitrogens with one attached hydrogen (secondary N) is 6. The number of guanidine groups is 1. The number of hydrogen-bond acceptors (Lipinski definition) is 12. The van der Waals surface area contributed by atoms with Crippen LogP contribution in [0.1, 0.15) is 79.2 Å². The fraction of sp³-hybridized carbons (Fsp3) is 0.605. The predicted octanol–water partition coefficient (Wildman–Crippen LogP) is -3.32. The van der Waals surface area contributed by atoms with E-state index in [9.17, 15) is 53.7 Å². The first-order valence-corrected chi connectivity index (χ1v) is 19.5. The van der Waals surface area contributed by atoms with Gasteiger partial charge in [-0.15, -0.1) is 0 Å². The van der Waals surface area contributed by atoms with E-state index < -0.39 is 102 Å². The molecular formula is C38H63N11O11. The summed E-state index contributed by atoms with van der Waals surface area (Å²) >= 11 is 0. The van der Waals surface area contributed by atoms with E-state index in [0.29, 0.717) is 12.0 Å². The number of rotatable bonds is 26. The summed E-state index contributed by atoms with van der Waals surface area (Å²) in [6.45, 7) is 9.31. The molecule has 60 heavy (non-hydrogen) atoms. The molecule has 0 bridgehead atoms. The summed E-state index contributed by atoms with van der Waals surface area (Å²) in [5.41, 5.74) is 22.5. The van der Waals surface area contributed by atoms with E-state index in [1.807, 2.05) is 0 Å². The van der Waals surface area contributed by atoms with Crippen molar-refractivity contribution in [3.8, 4) is 5.75 Å². The summed E-state index contributed by atoms with van der Waals surface area (Å²) in [6, 6.07) is -3.70. The number of nitrogens with two attached hydrogens (primary N) is 4. The molecule has 0 fully saturated rings. The number of aliphatic imine (C=N–C) groups is 1. The van der Waals surface area contributed by atoms with Gasteiger partial charge in [0.2, 0.25) is 41.4 Å². The van der Waals surface area contributed by atoms with Crippen LogP contribution in [0.4, 0.5) is 0 Å². The number of nitrogens with zero attached hydrogens (tertiary/aromatic N) is 1. The molecule has 1 aromatic carbocycles. The predicted molar refractivity (Wildman–Crippen MR) is 219 cm³/mol. The maximum Gasteiger partial charge on any atom is 0.325 e. The van der Waals surface area contributed by atoms with Crippen molar-refractivity contribution in [3.05, 3.63) is 29.8 Å². The molecule has 1 rings (SSSR count). The van der Waals surface area contributed by atoms with Crippen LogP contribution in [0.2, 0.25) is 0 Å². The van der Waals surface area contributed by atoms with Crippen LogP contribution in [0, 0.1) is 11.8 Å². The summed E-state index contributed by atoms with van der Waals surface area (Å²) in [5, 5.41) is 44.4. The van der Waals surface area contributed by atoms with Crippen LogP contribution in [0.5, 0.6) is 5.75 Å². The maximum absolute atomic E-state index is 13.8. The zero-order valence-electron chi connectivity index (χ0n) is 34.9. The Kier molecular flexibility index (Phi) is 22.1. The number of primary amides is 1. The summed E-state index contributed by atoms with van der Waals surface area (Å²) in [7, 11) is 0. The van der Waals surface area contributed by atoms with E-state index in [1.165, 1.54) is 38.1 Å². The first kappa shape index (κ1) is 52.0. The van der Waals surface area contributed by atoms with E-state index in [-0.39, 0.29) is 56.3 Å². The fourth-order valence-electron chi connectivity index (χ4n) is 5.61. The van der Waals surface area contributed by atoms with E-state index in [0.717, 1.165) is 0 Å². The highest BCUT2D eigenvalue weighted by molar-refractivity contribution is 5.97. The molecule has 1 aromatic rings. The number of carboxylic acid groups (broad SMARTS) is 1. The lowest BCUT2D eigenvalue weighted by atomic mass is 9.99. The highest BCUT2D eigenvalue weighted by Gasteiger charge is 2.36. The standard InChI is InChI=1S/C38H63N11O11/c1-18(2)16-26(33(55)44-20(5)37(59)60)47-32(54)25(13-14-28(40)52)45-35(57)29(19(3)4)48-36(58)30(21(6)50)49-34(56)27(17-22-9-11-23(51)12-10-22)46-31(53)24(39)8-7-15-43-38(41)42/h9-12,18-21,24-27,29-30,50-51H,7-8,13-17,39H2,1-6H3,(H2,40,52)(H,44,55)(H,45,57)(H,46,53)(H,47,54)(H,48,58)(H,49,56)(H,59,60)(H4,41,42,43)/t20-,21+,24-,25-,26-,27-,29-,30-/m1/s1. The van der Waals surface area contributed by atoms with Crippen LogP contribution in [-0.4, -0.2) is 124 Å². The Bertz CT molecular complexity index is 1670. The minimum absolute atomic E-state index is 0.0497. The van der Waals surface area contributed by atoms with Crippen molar-refractivity contribution >= 4 is 53.3 Å². The summed E-state index contributed by atoms with van der Waals surface area (Å²) in [6.07, 6.45) is -1.77. The monoisotopic (exact) mass is 849 g/mol. The van der Waals surface area contributed by atoms with Crippen LogP contribution >= 0.6 is 0 Å². The van der Waals surface area contributed by atoms with Crippen LogP contribution in [0.15, 0.2) is 29.3 Å². The number of hydrogen-bond donors (Lipinski definition) is 13. The van der Waals surface area contributed by atoms with Gasteiger partial charge >= 0.3 is 5.97 Å². The highest BCUT2D eigenvalue weighted by Crippen LogP contribution is 2.13. The van der Waals surface area contributed by atoms with Gasteiger partial charge < -0.3 is 70.2 Å². The van der Waals surface area contributed by atoms with Crippen LogP contribution in [0.3, 0.4) is 0 Å². The summed E-state index contributed by atoms with van der Waals surface area (Å²) < 4.78 is 0. The number of carboxylic acids is 1. The Morgan fingerprint density at radius 3 is 1.70 bits per heavy atom. The van der Waals surface area contributed by atoms with Gasteiger partial charge in [-0.25, -0.2) is 0 Å². The van der Waals surface area contributed by atoms with Crippen molar-refractivity contribution in [1.82, 2.24) is 31.9 Å². The molecule has 0 aromatic heterocycles. The number of phenols is 1. The number of aliphatic hydroxyl groups is 1. The molecular weight excluding hydrogens is 786 g/mol. The Balaban J connectivity index is 3.31. The van der Waals surface area contributed by atoms with Gasteiger partial charge in [0, 0.05) is 19.4 Å². The number of carbonyl (C=O) groups is 8. The van der Waals surface area contributed by atoms with Crippen molar-refractivity contribution < 1.29 is 53.7 Å². The summed E-state index contributed by atoms with van der Waals surface area (Å²) in [5.74, 6) is -8.33. The van der Waals surface area contributed by atoms with Gasteiger partial charge in [-0.2, -0.15) is 0 Å². The smallest absolute Gasteiger partial charge is 0.325 e. The van der Waals surface area contributed by atoms with Gasteiger partial charge in [0.15, 0.2) is 5.96 Å². The van der Waals surface area contributed by atoms with Crippen LogP contribution in [-0.2, 0) is 44.8 Å². The molecule has 17 N–H and O–H groups in total. The number of aliphatic carboxylic acids is 1. The number of phenolic OH excluding ortho intramolecular Hbond substituents is 1. The van der Waals surface area contributed by atoms with Gasteiger partial charge in [-0.1, -0.05) is 39.8 Å². The highest BCUT2D eigenvalue weighted by atomic mass is 16.4. The molecule has 0 heterocycles. The molecule has 0 saturated carbocycles. The number of aromatic hydroxyl groups is 1. The first-order valence-electron chi connectivity index (χ1n) is 19.5. The van der Waals surface area contributed by atoms with Gasteiger partial charge in [-0.05, 0) is 69.1 Å². The number of amides is 7. The van der Waals surface area contributed by atoms with E-state index >= 15 is 0 Å². The lowest BCUT2D eigenvalue weighted by molar-refractivity contribution is -0.142. The second kappa shape index (κ2) is 25.5. The molecule has 22 heteroatoms. The maximum atomic E-state index is 13.8. The third-order valence-electron chi connectivity index (χ3n) is 9.00. The van der Waals surface area contributed by atoms with Crippen molar-refractivity contribution in [2.75, 3.05) is 6.54 Å². The Morgan fingerprint density at radius 1 is 0.667 bits per heavy atom. The topological polar surface area (TPSA) is 386 Å². The van der Waals surface area contributed by atoms with E-state index in [4.69, 9.17) is 22.9 Å². The lowest BCUT2D eigenvalue weighted by Crippen LogP contribution is -2.62. The average Bonchev–Trinajstić information content (AvgIpc) is 3.15. The molecule has 0 aliphatic carbocycles. The number of aliphatic hydroxyl groups excluding tert-OH is 1. The quantitative estimate of drug-likeness (QED) is 0.0247. The third-order valence-corrected chi connectivity index (χ3v) is 9.00. The molecule has 7 amide bonds. The van der Waals surface area contributed by atoms with Gasteiger partial charge in [0.05, 0.1) is 12.1 Å². The molecule has 22 nitrogen and oxygen atoms in total. The van der Waals surface area contributed by atoms with Gasteiger partial charge in [0.25, 0.3) is 0 Å².